The monoisotopic (exact) mass is 261 g/mol. The summed E-state index contributed by atoms with van der Waals surface area (Å²) in [5.74, 6) is 0.480. The van der Waals surface area contributed by atoms with Crippen LogP contribution in [0.4, 0.5) is 0 Å². The lowest BCUT2D eigenvalue weighted by atomic mass is 9.83. The van der Waals surface area contributed by atoms with Crippen LogP contribution in [0.2, 0.25) is 0 Å². The van der Waals surface area contributed by atoms with Crippen LogP contribution in [-0.4, -0.2) is 42.5 Å². The molecule has 100 valence electrons. The Hall–Kier alpha value is -0.280. The van der Waals surface area contributed by atoms with E-state index in [4.69, 9.17) is 16.3 Å². The van der Waals surface area contributed by atoms with E-state index in [0.717, 1.165) is 26.3 Å². The number of rotatable bonds is 5. The van der Waals surface area contributed by atoms with Crippen LogP contribution in [0.1, 0.15) is 34.1 Å². The van der Waals surface area contributed by atoms with Gasteiger partial charge in [-0.3, -0.25) is 4.79 Å². The fourth-order valence-electron chi connectivity index (χ4n) is 2.28. The van der Waals surface area contributed by atoms with Crippen LogP contribution >= 0.6 is 11.6 Å². The molecular weight excluding hydrogens is 238 g/mol. The number of alkyl halides is 1. The molecule has 1 heterocycles. The largest absolute Gasteiger partial charge is 0.381 e. The Labute approximate surface area is 109 Å². The van der Waals surface area contributed by atoms with Crippen molar-refractivity contribution in [1.82, 2.24) is 4.90 Å². The molecule has 0 radical (unpaired) electrons. The topological polar surface area (TPSA) is 29.5 Å². The molecule has 0 saturated carbocycles. The van der Waals surface area contributed by atoms with E-state index in [0.29, 0.717) is 12.3 Å². The average Bonchev–Trinajstić information content (AvgIpc) is 2.59. The summed E-state index contributed by atoms with van der Waals surface area (Å²) in [6.07, 6.45) is 0.688. The summed E-state index contributed by atoms with van der Waals surface area (Å²) < 4.78 is 5.50. The van der Waals surface area contributed by atoms with Crippen LogP contribution in [0.25, 0.3) is 0 Å². The lowest BCUT2D eigenvalue weighted by molar-refractivity contribution is -0.130. The Morgan fingerprint density at radius 2 is 2.18 bits per heavy atom. The third-order valence-electron chi connectivity index (χ3n) is 3.61. The number of carbonyl (C=O) groups excluding carboxylic acids is 1. The Bertz CT molecular complexity index is 268. The second-order valence-electron chi connectivity index (χ2n) is 5.44. The molecule has 0 aromatic heterocycles. The highest BCUT2D eigenvalue weighted by Crippen LogP contribution is 2.36. The first-order valence-electron chi connectivity index (χ1n) is 6.43. The second kappa shape index (κ2) is 6.05. The van der Waals surface area contributed by atoms with Crippen LogP contribution < -0.4 is 0 Å². The van der Waals surface area contributed by atoms with Gasteiger partial charge in [0, 0.05) is 25.6 Å². The van der Waals surface area contributed by atoms with Crippen molar-refractivity contribution < 1.29 is 9.53 Å². The molecule has 1 aliphatic rings. The van der Waals surface area contributed by atoms with E-state index < -0.39 is 0 Å². The van der Waals surface area contributed by atoms with Gasteiger partial charge in [-0.25, -0.2) is 0 Å². The van der Waals surface area contributed by atoms with Gasteiger partial charge < -0.3 is 9.64 Å². The van der Waals surface area contributed by atoms with E-state index in [1.54, 1.807) is 0 Å². The van der Waals surface area contributed by atoms with Crippen molar-refractivity contribution in [3.05, 3.63) is 0 Å². The number of hydrogen-bond donors (Lipinski definition) is 0. The standard InChI is InChI=1S/C13H24ClNO2/c1-5-11(14)12(16)15-7-10(8-17-6-2)13(3,4)9-15/h10-11H,5-9H2,1-4H3. The molecule has 0 aliphatic carbocycles. The lowest BCUT2D eigenvalue weighted by Crippen LogP contribution is -2.35. The van der Waals surface area contributed by atoms with Crippen molar-refractivity contribution in [2.75, 3.05) is 26.3 Å². The molecule has 17 heavy (non-hydrogen) atoms. The molecule has 0 aromatic carbocycles. The van der Waals surface area contributed by atoms with Crippen molar-refractivity contribution in [2.24, 2.45) is 11.3 Å². The van der Waals surface area contributed by atoms with Gasteiger partial charge in [-0.05, 0) is 18.8 Å². The maximum atomic E-state index is 12.0. The summed E-state index contributed by atoms with van der Waals surface area (Å²) in [6, 6.07) is 0. The first kappa shape index (κ1) is 14.8. The molecule has 3 nitrogen and oxygen atoms in total. The fourth-order valence-corrected chi connectivity index (χ4v) is 2.42. The predicted molar refractivity (Wildman–Crippen MR) is 70.3 cm³/mol. The Morgan fingerprint density at radius 1 is 1.53 bits per heavy atom. The third-order valence-corrected chi connectivity index (χ3v) is 4.10. The van der Waals surface area contributed by atoms with Gasteiger partial charge in [0.2, 0.25) is 5.91 Å². The van der Waals surface area contributed by atoms with Crippen LogP contribution in [0.15, 0.2) is 0 Å². The van der Waals surface area contributed by atoms with Crippen molar-refractivity contribution >= 4 is 17.5 Å². The van der Waals surface area contributed by atoms with Crippen LogP contribution in [0.5, 0.6) is 0 Å². The molecule has 2 atom stereocenters. The van der Waals surface area contributed by atoms with Crippen molar-refractivity contribution in [3.8, 4) is 0 Å². The number of nitrogens with zero attached hydrogens (tertiary/aromatic N) is 1. The van der Waals surface area contributed by atoms with Crippen LogP contribution in [-0.2, 0) is 9.53 Å². The molecule has 1 rings (SSSR count). The zero-order valence-electron chi connectivity index (χ0n) is 11.3. The minimum absolute atomic E-state index is 0.0706. The molecule has 4 heteroatoms. The van der Waals surface area contributed by atoms with Crippen molar-refractivity contribution in [1.29, 1.82) is 0 Å². The predicted octanol–water partition coefficient (Wildman–Crippen LogP) is 2.52. The molecular formula is C13H24ClNO2. The molecule has 1 aliphatic heterocycles. The van der Waals surface area contributed by atoms with E-state index >= 15 is 0 Å². The summed E-state index contributed by atoms with van der Waals surface area (Å²) in [4.78, 5) is 13.9. The van der Waals surface area contributed by atoms with E-state index in [9.17, 15) is 4.79 Å². The highest BCUT2D eigenvalue weighted by atomic mass is 35.5. The molecule has 2 unspecified atom stereocenters. The normalized spacial score (nSPS) is 25.0. The molecule has 0 N–H and O–H groups in total. The van der Waals surface area contributed by atoms with E-state index in [1.165, 1.54) is 0 Å². The van der Waals surface area contributed by atoms with Gasteiger partial charge >= 0.3 is 0 Å². The van der Waals surface area contributed by atoms with Gasteiger partial charge in [0.15, 0.2) is 0 Å². The fraction of sp³-hybridized carbons (Fsp3) is 0.923. The van der Waals surface area contributed by atoms with Gasteiger partial charge in [-0.1, -0.05) is 20.8 Å². The minimum atomic E-state index is -0.378. The zero-order valence-corrected chi connectivity index (χ0v) is 12.1. The van der Waals surface area contributed by atoms with Crippen LogP contribution in [0.3, 0.4) is 0 Å². The van der Waals surface area contributed by atoms with Gasteiger partial charge in [0.25, 0.3) is 0 Å². The molecule has 0 aromatic rings. The first-order chi connectivity index (χ1) is 7.92. The van der Waals surface area contributed by atoms with Gasteiger partial charge in [0.1, 0.15) is 5.38 Å². The summed E-state index contributed by atoms with van der Waals surface area (Å²) in [7, 11) is 0. The molecule has 0 bridgehead atoms. The Morgan fingerprint density at radius 3 is 2.71 bits per heavy atom. The minimum Gasteiger partial charge on any atom is -0.381 e. The molecule has 0 spiro atoms. The highest BCUT2D eigenvalue weighted by molar-refractivity contribution is 6.30. The summed E-state index contributed by atoms with van der Waals surface area (Å²) in [5.41, 5.74) is 0.120. The van der Waals surface area contributed by atoms with Crippen molar-refractivity contribution in [3.63, 3.8) is 0 Å². The maximum absolute atomic E-state index is 12.0. The molecule has 1 amide bonds. The van der Waals surface area contributed by atoms with E-state index in [1.807, 2.05) is 18.7 Å². The number of halogens is 1. The number of hydrogen-bond acceptors (Lipinski definition) is 2. The zero-order chi connectivity index (χ0) is 13.1. The van der Waals surface area contributed by atoms with Crippen LogP contribution in [0, 0.1) is 11.3 Å². The van der Waals surface area contributed by atoms with E-state index in [2.05, 4.69) is 13.8 Å². The summed E-state index contributed by atoms with van der Waals surface area (Å²) >= 11 is 6.02. The number of carbonyl (C=O) groups is 1. The summed E-state index contributed by atoms with van der Waals surface area (Å²) in [5, 5.41) is -0.378. The molecule has 1 saturated heterocycles. The lowest BCUT2D eigenvalue weighted by Gasteiger charge is -2.24. The molecule has 1 fully saturated rings. The second-order valence-corrected chi connectivity index (χ2v) is 5.97. The third kappa shape index (κ3) is 3.59. The number of amides is 1. The first-order valence-corrected chi connectivity index (χ1v) is 6.86. The summed E-state index contributed by atoms with van der Waals surface area (Å²) in [6.45, 7) is 11.3. The average molecular weight is 262 g/mol. The number of likely N-dealkylation sites (tertiary alicyclic amines) is 1. The van der Waals surface area contributed by atoms with Gasteiger partial charge in [0.05, 0.1) is 6.61 Å². The Kier molecular flexibility index (Phi) is 5.26. The quantitative estimate of drug-likeness (QED) is 0.712. The SMILES string of the molecule is CCOCC1CN(C(=O)C(Cl)CC)CC1(C)C. The van der Waals surface area contributed by atoms with Gasteiger partial charge in [-0.2, -0.15) is 0 Å². The highest BCUT2D eigenvalue weighted by Gasteiger charge is 2.42. The number of ether oxygens (including phenoxy) is 1. The Balaban J connectivity index is 2.60. The maximum Gasteiger partial charge on any atom is 0.240 e. The smallest absolute Gasteiger partial charge is 0.240 e. The van der Waals surface area contributed by atoms with Gasteiger partial charge in [-0.15, -0.1) is 11.6 Å². The van der Waals surface area contributed by atoms with E-state index in [-0.39, 0.29) is 16.7 Å². The van der Waals surface area contributed by atoms with Crippen molar-refractivity contribution in [2.45, 2.75) is 39.5 Å².